The highest BCUT2D eigenvalue weighted by atomic mass is 35.5. The SMILES string of the molecule is Cc1c(Cl)cccc1-n1nnc(-c2nc(-c3ccc(Cl)cc3)no2)c1N. The minimum Gasteiger partial charge on any atom is -0.382 e. The predicted octanol–water partition coefficient (Wildman–Crippen LogP) is 4.18. The minimum absolute atomic E-state index is 0.179. The zero-order valence-electron chi connectivity index (χ0n) is 13.5. The molecule has 0 saturated heterocycles. The number of aromatic nitrogens is 5. The van der Waals surface area contributed by atoms with E-state index in [9.17, 15) is 0 Å². The van der Waals surface area contributed by atoms with Gasteiger partial charge in [-0.05, 0) is 48.9 Å². The molecular weight excluding hydrogens is 375 g/mol. The fourth-order valence-electron chi connectivity index (χ4n) is 2.48. The van der Waals surface area contributed by atoms with Crippen molar-refractivity contribution in [2.75, 3.05) is 5.73 Å². The summed E-state index contributed by atoms with van der Waals surface area (Å²) in [4.78, 5) is 4.35. The molecule has 0 bridgehead atoms. The molecule has 0 amide bonds. The van der Waals surface area contributed by atoms with Crippen molar-refractivity contribution < 1.29 is 4.52 Å². The number of nitrogen functional groups attached to an aromatic ring is 1. The summed E-state index contributed by atoms with van der Waals surface area (Å²) in [6.45, 7) is 1.88. The van der Waals surface area contributed by atoms with Crippen LogP contribution in [0.2, 0.25) is 10.0 Å². The lowest BCUT2D eigenvalue weighted by molar-refractivity contribution is 0.431. The number of anilines is 1. The molecule has 2 N–H and O–H groups in total. The third kappa shape index (κ3) is 2.81. The summed E-state index contributed by atoms with van der Waals surface area (Å²) in [7, 11) is 0. The summed E-state index contributed by atoms with van der Waals surface area (Å²) in [5.41, 5.74) is 8.84. The summed E-state index contributed by atoms with van der Waals surface area (Å²) < 4.78 is 6.79. The van der Waals surface area contributed by atoms with Gasteiger partial charge in [0.25, 0.3) is 5.89 Å². The van der Waals surface area contributed by atoms with Crippen LogP contribution in [0.1, 0.15) is 5.56 Å². The third-order valence-corrected chi connectivity index (χ3v) is 4.56. The van der Waals surface area contributed by atoms with Crippen LogP contribution in [0.4, 0.5) is 5.82 Å². The monoisotopic (exact) mass is 386 g/mol. The van der Waals surface area contributed by atoms with Gasteiger partial charge in [-0.3, -0.25) is 0 Å². The first kappa shape index (κ1) is 16.6. The molecule has 0 atom stereocenters. The maximum absolute atomic E-state index is 6.20. The molecule has 0 fully saturated rings. The highest BCUT2D eigenvalue weighted by molar-refractivity contribution is 6.31. The van der Waals surface area contributed by atoms with E-state index in [4.69, 9.17) is 33.5 Å². The third-order valence-electron chi connectivity index (χ3n) is 3.90. The summed E-state index contributed by atoms with van der Waals surface area (Å²) in [6, 6.07) is 12.6. The second-order valence-corrected chi connectivity index (χ2v) is 6.39. The zero-order chi connectivity index (χ0) is 18.3. The van der Waals surface area contributed by atoms with Gasteiger partial charge in [-0.1, -0.05) is 39.6 Å². The number of benzene rings is 2. The van der Waals surface area contributed by atoms with E-state index >= 15 is 0 Å². The highest BCUT2D eigenvalue weighted by Gasteiger charge is 2.20. The van der Waals surface area contributed by atoms with Crippen molar-refractivity contribution in [1.82, 2.24) is 25.1 Å². The molecule has 0 aliphatic carbocycles. The Morgan fingerprint density at radius 2 is 1.85 bits per heavy atom. The van der Waals surface area contributed by atoms with Gasteiger partial charge in [0.05, 0.1) is 5.69 Å². The Balaban J connectivity index is 1.73. The molecule has 9 heteroatoms. The summed E-state index contributed by atoms with van der Waals surface area (Å²) in [5.74, 6) is 0.865. The molecule has 26 heavy (non-hydrogen) atoms. The van der Waals surface area contributed by atoms with Gasteiger partial charge in [-0.15, -0.1) is 5.10 Å². The summed E-state index contributed by atoms with van der Waals surface area (Å²) >= 11 is 12.1. The lowest BCUT2D eigenvalue weighted by Crippen LogP contribution is -2.04. The lowest BCUT2D eigenvalue weighted by atomic mass is 10.2. The van der Waals surface area contributed by atoms with Crippen molar-refractivity contribution in [3.63, 3.8) is 0 Å². The molecule has 0 saturated carbocycles. The molecule has 0 radical (unpaired) electrons. The first-order valence-corrected chi connectivity index (χ1v) is 8.37. The van der Waals surface area contributed by atoms with Gasteiger partial charge in [-0.25, -0.2) is 0 Å². The van der Waals surface area contributed by atoms with Crippen molar-refractivity contribution in [2.24, 2.45) is 0 Å². The zero-order valence-corrected chi connectivity index (χ0v) is 15.0. The number of hydrogen-bond donors (Lipinski definition) is 1. The van der Waals surface area contributed by atoms with Crippen LogP contribution in [0.15, 0.2) is 47.0 Å². The van der Waals surface area contributed by atoms with Crippen molar-refractivity contribution in [3.8, 4) is 28.7 Å². The van der Waals surface area contributed by atoms with Crippen LogP contribution in [0.3, 0.4) is 0 Å². The number of nitrogens with two attached hydrogens (primary N) is 1. The number of hydrogen-bond acceptors (Lipinski definition) is 6. The molecule has 0 spiro atoms. The fraction of sp³-hybridized carbons (Fsp3) is 0.0588. The maximum Gasteiger partial charge on any atom is 0.282 e. The Morgan fingerprint density at radius 1 is 1.08 bits per heavy atom. The Bertz CT molecular complexity index is 1090. The predicted molar refractivity (Wildman–Crippen MR) is 99.3 cm³/mol. The standard InChI is InChI=1S/C17H12Cl2N6O/c1-9-12(19)3-2-4-13(9)25-15(20)14(22-24-25)17-21-16(23-26-17)10-5-7-11(18)8-6-10/h2-8H,20H2,1H3. The second-order valence-electron chi connectivity index (χ2n) is 5.55. The van der Waals surface area contributed by atoms with Crippen LogP contribution >= 0.6 is 23.2 Å². The Kier molecular flexibility index (Phi) is 4.10. The molecule has 0 aliphatic rings. The van der Waals surface area contributed by atoms with Gasteiger partial charge in [-0.2, -0.15) is 9.67 Å². The Morgan fingerprint density at radius 3 is 2.62 bits per heavy atom. The number of nitrogens with zero attached hydrogens (tertiary/aromatic N) is 5. The van der Waals surface area contributed by atoms with Crippen LogP contribution < -0.4 is 5.73 Å². The van der Waals surface area contributed by atoms with Crippen molar-refractivity contribution in [1.29, 1.82) is 0 Å². The lowest BCUT2D eigenvalue weighted by Gasteiger charge is -2.07. The normalized spacial score (nSPS) is 11.0. The molecule has 0 unspecified atom stereocenters. The second kappa shape index (κ2) is 6.44. The molecular formula is C17H12Cl2N6O. The van der Waals surface area contributed by atoms with Crippen LogP contribution in [0.25, 0.3) is 28.7 Å². The van der Waals surface area contributed by atoms with Crippen LogP contribution in [0, 0.1) is 6.92 Å². The molecule has 4 rings (SSSR count). The first-order valence-electron chi connectivity index (χ1n) is 7.61. The Labute approximate surface area is 158 Å². The van der Waals surface area contributed by atoms with E-state index in [-0.39, 0.29) is 11.7 Å². The molecule has 0 aliphatic heterocycles. The average Bonchev–Trinajstić information content (AvgIpc) is 3.25. The van der Waals surface area contributed by atoms with E-state index in [1.165, 1.54) is 4.68 Å². The van der Waals surface area contributed by atoms with Crippen molar-refractivity contribution >= 4 is 29.0 Å². The van der Waals surface area contributed by atoms with Gasteiger partial charge < -0.3 is 10.3 Å². The van der Waals surface area contributed by atoms with E-state index in [1.54, 1.807) is 30.3 Å². The van der Waals surface area contributed by atoms with Crippen LogP contribution in [-0.4, -0.2) is 25.1 Å². The maximum atomic E-state index is 6.20. The van der Waals surface area contributed by atoms with Crippen molar-refractivity contribution in [3.05, 3.63) is 58.1 Å². The van der Waals surface area contributed by atoms with E-state index in [2.05, 4.69) is 20.5 Å². The highest BCUT2D eigenvalue weighted by Crippen LogP contribution is 2.29. The van der Waals surface area contributed by atoms with Gasteiger partial charge >= 0.3 is 0 Å². The van der Waals surface area contributed by atoms with Gasteiger partial charge in [0.2, 0.25) is 5.82 Å². The topological polar surface area (TPSA) is 95.6 Å². The quantitative estimate of drug-likeness (QED) is 0.567. The molecule has 4 aromatic rings. The molecule has 7 nitrogen and oxygen atoms in total. The van der Waals surface area contributed by atoms with E-state index in [0.717, 1.165) is 16.8 Å². The first-order chi connectivity index (χ1) is 12.5. The van der Waals surface area contributed by atoms with E-state index in [0.29, 0.717) is 21.6 Å². The Hall–Kier alpha value is -2.90. The molecule has 130 valence electrons. The van der Waals surface area contributed by atoms with Crippen molar-refractivity contribution in [2.45, 2.75) is 6.92 Å². The number of rotatable bonds is 3. The summed E-state index contributed by atoms with van der Waals surface area (Å²) in [5, 5.41) is 13.4. The smallest absolute Gasteiger partial charge is 0.282 e. The fourth-order valence-corrected chi connectivity index (χ4v) is 2.78. The number of halogens is 2. The molecule has 2 heterocycles. The largest absolute Gasteiger partial charge is 0.382 e. The van der Waals surface area contributed by atoms with Crippen LogP contribution in [0.5, 0.6) is 0 Å². The van der Waals surface area contributed by atoms with Crippen LogP contribution in [-0.2, 0) is 0 Å². The van der Waals surface area contributed by atoms with Gasteiger partial charge in [0.15, 0.2) is 11.5 Å². The van der Waals surface area contributed by atoms with Gasteiger partial charge in [0, 0.05) is 15.6 Å². The van der Waals surface area contributed by atoms with Gasteiger partial charge in [0.1, 0.15) is 0 Å². The molecule has 2 aromatic carbocycles. The average molecular weight is 387 g/mol. The molecule has 2 aromatic heterocycles. The van der Waals surface area contributed by atoms with E-state index < -0.39 is 0 Å². The summed E-state index contributed by atoms with van der Waals surface area (Å²) in [6.07, 6.45) is 0. The van der Waals surface area contributed by atoms with E-state index in [1.807, 2.05) is 19.1 Å². The minimum atomic E-state index is 0.179.